The van der Waals surface area contributed by atoms with Crippen molar-refractivity contribution >= 4 is 39.3 Å². The highest BCUT2D eigenvalue weighted by molar-refractivity contribution is 9.10. The van der Waals surface area contributed by atoms with Gasteiger partial charge in [-0.05, 0) is 24.6 Å². The first-order valence-electron chi connectivity index (χ1n) is 9.68. The first-order chi connectivity index (χ1) is 15.1. The number of nitrogens with one attached hydrogen (secondary N) is 2. The lowest BCUT2D eigenvalue weighted by atomic mass is 9.97. The van der Waals surface area contributed by atoms with E-state index in [1.165, 1.54) is 0 Å². The van der Waals surface area contributed by atoms with Crippen molar-refractivity contribution in [2.75, 3.05) is 5.32 Å². The molecular formula is C20H19BrClF3N6O. The van der Waals surface area contributed by atoms with Crippen molar-refractivity contribution in [1.82, 2.24) is 24.9 Å². The van der Waals surface area contributed by atoms with Gasteiger partial charge in [0, 0.05) is 35.7 Å². The van der Waals surface area contributed by atoms with E-state index in [1.807, 2.05) is 6.92 Å². The van der Waals surface area contributed by atoms with Crippen LogP contribution in [0.1, 0.15) is 45.8 Å². The van der Waals surface area contributed by atoms with Crippen molar-refractivity contribution in [2.24, 2.45) is 7.05 Å². The summed E-state index contributed by atoms with van der Waals surface area (Å²) in [5, 5.41) is 13.6. The number of hydrogen-bond donors (Lipinski definition) is 2. The zero-order valence-corrected chi connectivity index (χ0v) is 19.4. The van der Waals surface area contributed by atoms with Crippen LogP contribution in [0.5, 0.6) is 0 Å². The van der Waals surface area contributed by atoms with Crippen molar-refractivity contribution < 1.29 is 18.0 Å². The van der Waals surface area contributed by atoms with Crippen LogP contribution in [-0.4, -0.2) is 31.6 Å². The molecule has 1 aromatic carbocycles. The number of anilines is 1. The van der Waals surface area contributed by atoms with Gasteiger partial charge in [0.05, 0.1) is 12.2 Å². The fourth-order valence-corrected chi connectivity index (χ4v) is 4.15. The van der Waals surface area contributed by atoms with Crippen LogP contribution in [0, 0.1) is 6.92 Å². The molecule has 3 heterocycles. The van der Waals surface area contributed by atoms with Gasteiger partial charge in [-0.3, -0.25) is 9.48 Å². The predicted molar refractivity (Wildman–Crippen MR) is 117 cm³/mol. The average molecular weight is 532 g/mol. The van der Waals surface area contributed by atoms with E-state index in [9.17, 15) is 18.0 Å². The number of hydrogen-bond acceptors (Lipinski definition) is 4. The van der Waals surface area contributed by atoms with Crippen molar-refractivity contribution in [3.63, 3.8) is 0 Å². The Balaban J connectivity index is 1.63. The summed E-state index contributed by atoms with van der Waals surface area (Å²) in [7, 11) is 1.77. The third kappa shape index (κ3) is 4.23. The second-order valence-corrected chi connectivity index (χ2v) is 8.85. The molecule has 2 N–H and O–H groups in total. The third-order valence-electron chi connectivity index (χ3n) is 5.56. The molecule has 0 unspecified atom stereocenters. The first kappa shape index (κ1) is 22.7. The Bertz CT molecular complexity index is 1160. The van der Waals surface area contributed by atoms with Crippen LogP contribution >= 0.6 is 27.5 Å². The van der Waals surface area contributed by atoms with Crippen LogP contribution in [0.25, 0.3) is 0 Å². The minimum atomic E-state index is -4.57. The molecule has 170 valence electrons. The number of fused-ring (bicyclic) bond motifs is 1. The molecule has 3 aromatic rings. The van der Waals surface area contributed by atoms with Crippen molar-refractivity contribution in [1.29, 1.82) is 0 Å². The van der Waals surface area contributed by atoms with Crippen molar-refractivity contribution in [3.8, 4) is 0 Å². The van der Waals surface area contributed by atoms with Gasteiger partial charge in [-0.15, -0.1) is 0 Å². The lowest BCUT2D eigenvalue weighted by Gasteiger charge is -2.33. The van der Waals surface area contributed by atoms with Crippen molar-refractivity contribution in [3.05, 3.63) is 62.5 Å². The SMILES string of the molecule is Cc1c(CNC(=O)c2nn3c(c2Cl)N[C@H](c2ccc(Br)cc2)C[C@H]3C(F)(F)F)cnn1C. The second kappa shape index (κ2) is 8.43. The van der Waals surface area contributed by atoms with E-state index < -0.39 is 24.2 Å². The van der Waals surface area contributed by atoms with Crippen LogP contribution in [0.15, 0.2) is 34.9 Å². The van der Waals surface area contributed by atoms with Crippen LogP contribution in [0.4, 0.5) is 19.0 Å². The average Bonchev–Trinajstić information content (AvgIpc) is 3.25. The standard InChI is InChI=1S/C20H19BrClF3N6O/c1-10-12(9-27-30(10)2)8-26-19(32)17-16(22)18-28-14(11-3-5-13(21)6-4-11)7-15(20(23,24)25)31(18)29-17/h3-6,9,14-15,28H,7-8H2,1-2H3,(H,26,32)/t14-,15-/m0/s1. The Morgan fingerprint density at radius 3 is 2.62 bits per heavy atom. The number of nitrogens with zero attached hydrogens (tertiary/aromatic N) is 4. The highest BCUT2D eigenvalue weighted by atomic mass is 79.9. The third-order valence-corrected chi connectivity index (χ3v) is 6.45. The van der Waals surface area contributed by atoms with Gasteiger partial charge in [-0.25, -0.2) is 4.68 Å². The van der Waals surface area contributed by atoms with E-state index >= 15 is 0 Å². The maximum atomic E-state index is 13.9. The normalized spacial score (nSPS) is 18.2. The minimum absolute atomic E-state index is 0.0316. The summed E-state index contributed by atoms with van der Waals surface area (Å²) in [5.74, 6) is -0.695. The van der Waals surface area contributed by atoms with E-state index in [4.69, 9.17) is 11.6 Å². The molecular weight excluding hydrogens is 513 g/mol. The molecule has 0 spiro atoms. The number of rotatable bonds is 4. The number of halogens is 5. The molecule has 0 bridgehead atoms. The quantitative estimate of drug-likeness (QED) is 0.501. The molecule has 1 aliphatic rings. The predicted octanol–water partition coefficient (Wildman–Crippen LogP) is 4.93. The summed E-state index contributed by atoms with van der Waals surface area (Å²) >= 11 is 9.67. The highest BCUT2D eigenvalue weighted by Gasteiger charge is 2.47. The Morgan fingerprint density at radius 1 is 1.34 bits per heavy atom. The Hall–Kier alpha value is -2.53. The fraction of sp³-hybridized carbons (Fsp3) is 0.350. The summed E-state index contributed by atoms with van der Waals surface area (Å²) < 4.78 is 44.9. The van der Waals surface area contributed by atoms with E-state index in [-0.39, 0.29) is 29.5 Å². The van der Waals surface area contributed by atoms with Crippen LogP contribution in [0.3, 0.4) is 0 Å². The second-order valence-electron chi connectivity index (χ2n) is 7.56. The molecule has 0 saturated carbocycles. The Kier molecular flexibility index (Phi) is 5.97. The monoisotopic (exact) mass is 530 g/mol. The molecule has 1 amide bonds. The minimum Gasteiger partial charge on any atom is -0.362 e. The summed E-state index contributed by atoms with van der Waals surface area (Å²) in [5.41, 5.74) is 2.05. The van der Waals surface area contributed by atoms with Gasteiger partial charge in [0.15, 0.2) is 11.7 Å². The van der Waals surface area contributed by atoms with Gasteiger partial charge < -0.3 is 10.6 Å². The highest BCUT2D eigenvalue weighted by Crippen LogP contribution is 2.46. The number of benzene rings is 1. The maximum Gasteiger partial charge on any atom is 0.410 e. The van der Waals surface area contributed by atoms with Crippen molar-refractivity contribution in [2.45, 2.75) is 38.1 Å². The molecule has 12 heteroatoms. The molecule has 7 nitrogen and oxygen atoms in total. The largest absolute Gasteiger partial charge is 0.410 e. The number of aryl methyl sites for hydroxylation is 1. The number of carbonyl (C=O) groups is 1. The molecule has 0 radical (unpaired) electrons. The Labute approximate surface area is 195 Å². The van der Waals surface area contributed by atoms with Gasteiger partial charge in [-0.2, -0.15) is 23.4 Å². The van der Waals surface area contributed by atoms with E-state index in [1.54, 1.807) is 42.2 Å². The summed E-state index contributed by atoms with van der Waals surface area (Å²) in [6, 6.07) is 4.41. The van der Waals surface area contributed by atoms with Gasteiger partial charge in [-0.1, -0.05) is 39.7 Å². The van der Waals surface area contributed by atoms with Crippen LogP contribution in [0.2, 0.25) is 5.02 Å². The summed E-state index contributed by atoms with van der Waals surface area (Å²) in [6.45, 7) is 1.99. The molecule has 2 atom stereocenters. The zero-order valence-electron chi connectivity index (χ0n) is 17.0. The number of alkyl halides is 3. The molecule has 0 aliphatic carbocycles. The van der Waals surface area contributed by atoms with Crippen LogP contribution < -0.4 is 10.6 Å². The van der Waals surface area contributed by atoms with Gasteiger partial charge in [0.1, 0.15) is 10.8 Å². The smallest absolute Gasteiger partial charge is 0.362 e. The molecule has 32 heavy (non-hydrogen) atoms. The van der Waals surface area contributed by atoms with Gasteiger partial charge in [0.25, 0.3) is 5.91 Å². The molecule has 2 aromatic heterocycles. The summed E-state index contributed by atoms with van der Waals surface area (Å²) in [6.07, 6.45) is -3.24. The zero-order chi connectivity index (χ0) is 23.2. The molecule has 4 rings (SSSR count). The number of aromatic nitrogens is 4. The molecule has 0 fully saturated rings. The van der Waals surface area contributed by atoms with Gasteiger partial charge >= 0.3 is 6.18 Å². The lowest BCUT2D eigenvalue weighted by Crippen LogP contribution is -2.35. The summed E-state index contributed by atoms with van der Waals surface area (Å²) in [4.78, 5) is 12.7. The van der Waals surface area contributed by atoms with Crippen LogP contribution in [-0.2, 0) is 13.6 Å². The number of amides is 1. The molecule has 1 aliphatic heterocycles. The van der Waals surface area contributed by atoms with E-state index in [0.717, 1.165) is 20.4 Å². The Morgan fingerprint density at radius 2 is 2.03 bits per heavy atom. The topological polar surface area (TPSA) is 76.8 Å². The first-order valence-corrected chi connectivity index (χ1v) is 10.9. The number of carbonyl (C=O) groups excluding carboxylic acids is 1. The van der Waals surface area contributed by atoms with E-state index in [0.29, 0.717) is 5.56 Å². The lowest BCUT2D eigenvalue weighted by molar-refractivity contribution is -0.173. The van der Waals surface area contributed by atoms with Gasteiger partial charge in [0.2, 0.25) is 0 Å². The molecule has 0 saturated heterocycles. The maximum absolute atomic E-state index is 13.9. The fourth-order valence-electron chi connectivity index (χ4n) is 3.63. The van der Waals surface area contributed by atoms with E-state index in [2.05, 4.69) is 36.8 Å².